The molecule has 1 N–H and O–H groups in total. The molecule has 2 aliphatic heterocycles. The van der Waals surface area contributed by atoms with Crippen LogP contribution in [0.25, 0.3) is 0 Å². The van der Waals surface area contributed by atoms with Gasteiger partial charge in [-0.05, 0) is 18.2 Å². The van der Waals surface area contributed by atoms with Crippen molar-refractivity contribution < 1.29 is 24.2 Å². The number of carboxylic acid groups (broad SMARTS) is 1. The molecule has 112 valence electrons. The van der Waals surface area contributed by atoms with Gasteiger partial charge in [0.1, 0.15) is 18.3 Å². The third-order valence-corrected chi connectivity index (χ3v) is 4.24. The lowest BCUT2D eigenvalue weighted by atomic mass is 9.98. The fraction of sp³-hybridized carbons (Fsp3) is 0.429. The molecule has 0 radical (unpaired) electrons. The van der Waals surface area contributed by atoms with Gasteiger partial charge in [0, 0.05) is 16.6 Å². The van der Waals surface area contributed by atoms with Crippen LogP contribution in [0.1, 0.15) is 11.5 Å². The number of rotatable bonds is 2. The highest BCUT2D eigenvalue weighted by molar-refractivity contribution is 9.10. The highest BCUT2D eigenvalue weighted by Crippen LogP contribution is 2.37. The van der Waals surface area contributed by atoms with Gasteiger partial charge in [-0.15, -0.1) is 0 Å². The van der Waals surface area contributed by atoms with Crippen molar-refractivity contribution in [3.05, 3.63) is 28.2 Å². The predicted molar refractivity (Wildman–Crippen MR) is 76.3 cm³/mol. The minimum atomic E-state index is -1.04. The summed E-state index contributed by atoms with van der Waals surface area (Å²) in [6.07, 6.45) is 0. The summed E-state index contributed by atoms with van der Waals surface area (Å²) < 4.78 is 11.6. The van der Waals surface area contributed by atoms with Crippen molar-refractivity contribution in [2.24, 2.45) is 0 Å². The Morgan fingerprint density at radius 3 is 2.90 bits per heavy atom. The van der Waals surface area contributed by atoms with Crippen molar-refractivity contribution >= 4 is 27.8 Å². The molecule has 1 aromatic carbocycles. The van der Waals surface area contributed by atoms with Crippen LogP contribution in [0.4, 0.5) is 0 Å². The van der Waals surface area contributed by atoms with Crippen LogP contribution in [-0.4, -0.2) is 54.3 Å². The Balaban J connectivity index is 1.86. The van der Waals surface area contributed by atoms with Crippen LogP contribution < -0.4 is 4.74 Å². The summed E-state index contributed by atoms with van der Waals surface area (Å²) in [6, 6.07) is 4.57. The van der Waals surface area contributed by atoms with E-state index in [4.69, 9.17) is 9.47 Å². The SMILES string of the molecule is O=C(O)C1COCCN1C(=O)C1COc2ccc(Br)cc21. The Labute approximate surface area is 129 Å². The van der Waals surface area contributed by atoms with Gasteiger partial charge in [0.2, 0.25) is 5.91 Å². The molecule has 2 unspecified atom stereocenters. The number of carboxylic acids is 1. The number of nitrogens with zero attached hydrogens (tertiary/aromatic N) is 1. The van der Waals surface area contributed by atoms with E-state index in [9.17, 15) is 14.7 Å². The molecule has 6 nitrogen and oxygen atoms in total. The molecule has 2 atom stereocenters. The maximum atomic E-state index is 12.7. The number of halogens is 1. The molecular formula is C14H14BrNO5. The van der Waals surface area contributed by atoms with Crippen molar-refractivity contribution in [3.8, 4) is 5.75 Å². The van der Waals surface area contributed by atoms with E-state index in [1.807, 2.05) is 12.1 Å². The van der Waals surface area contributed by atoms with Gasteiger partial charge in [0.25, 0.3) is 0 Å². The molecule has 0 aromatic heterocycles. The second-order valence-electron chi connectivity index (χ2n) is 5.01. The summed E-state index contributed by atoms with van der Waals surface area (Å²) in [6.45, 7) is 0.915. The smallest absolute Gasteiger partial charge is 0.328 e. The minimum Gasteiger partial charge on any atom is -0.492 e. The largest absolute Gasteiger partial charge is 0.492 e. The summed E-state index contributed by atoms with van der Waals surface area (Å²) >= 11 is 3.38. The first-order valence-corrected chi connectivity index (χ1v) is 7.40. The molecule has 7 heteroatoms. The average Bonchev–Trinajstić information content (AvgIpc) is 2.89. The highest BCUT2D eigenvalue weighted by atomic mass is 79.9. The molecule has 1 aromatic rings. The fourth-order valence-corrected chi connectivity index (χ4v) is 3.04. The van der Waals surface area contributed by atoms with E-state index in [0.29, 0.717) is 12.4 Å². The molecule has 1 saturated heterocycles. The molecule has 0 bridgehead atoms. The van der Waals surface area contributed by atoms with E-state index in [2.05, 4.69) is 15.9 Å². The van der Waals surface area contributed by atoms with Gasteiger partial charge < -0.3 is 19.5 Å². The maximum Gasteiger partial charge on any atom is 0.328 e. The third-order valence-electron chi connectivity index (χ3n) is 3.75. The molecule has 0 spiro atoms. The minimum absolute atomic E-state index is 0.0278. The maximum absolute atomic E-state index is 12.7. The Morgan fingerprint density at radius 1 is 1.33 bits per heavy atom. The molecule has 21 heavy (non-hydrogen) atoms. The monoisotopic (exact) mass is 355 g/mol. The fourth-order valence-electron chi connectivity index (χ4n) is 2.66. The van der Waals surface area contributed by atoms with E-state index in [1.165, 1.54) is 4.90 Å². The van der Waals surface area contributed by atoms with Gasteiger partial charge in [-0.1, -0.05) is 15.9 Å². The van der Waals surface area contributed by atoms with Gasteiger partial charge in [-0.2, -0.15) is 0 Å². The van der Waals surface area contributed by atoms with Crippen LogP contribution in [0.15, 0.2) is 22.7 Å². The topological polar surface area (TPSA) is 76.1 Å². The van der Waals surface area contributed by atoms with Crippen molar-refractivity contribution in [3.63, 3.8) is 0 Å². The van der Waals surface area contributed by atoms with Crippen LogP contribution in [0.5, 0.6) is 5.75 Å². The quantitative estimate of drug-likeness (QED) is 0.863. The van der Waals surface area contributed by atoms with Crippen molar-refractivity contribution in [2.75, 3.05) is 26.4 Å². The predicted octanol–water partition coefficient (Wildman–Crippen LogP) is 1.24. The average molecular weight is 356 g/mol. The molecule has 3 rings (SSSR count). The van der Waals surface area contributed by atoms with Crippen LogP contribution in [-0.2, 0) is 14.3 Å². The number of hydrogen-bond donors (Lipinski definition) is 1. The molecule has 0 saturated carbocycles. The van der Waals surface area contributed by atoms with Crippen LogP contribution in [0.3, 0.4) is 0 Å². The second kappa shape index (κ2) is 5.65. The lowest BCUT2D eigenvalue weighted by Crippen LogP contribution is -2.54. The van der Waals surface area contributed by atoms with Gasteiger partial charge in [-0.25, -0.2) is 4.79 Å². The number of benzene rings is 1. The number of carbonyl (C=O) groups excluding carboxylic acids is 1. The third kappa shape index (κ3) is 2.63. The summed E-state index contributed by atoms with van der Waals surface area (Å²) in [5.41, 5.74) is 0.796. The Hall–Kier alpha value is -1.60. The molecule has 0 aliphatic carbocycles. The molecule has 1 amide bonds. The first kappa shape index (κ1) is 14.3. The molecule has 2 aliphatic rings. The Kier molecular flexibility index (Phi) is 3.86. The number of aliphatic carboxylic acids is 1. The molecule has 2 heterocycles. The van der Waals surface area contributed by atoms with E-state index < -0.39 is 17.9 Å². The normalized spacial score (nSPS) is 24.3. The lowest BCUT2D eigenvalue weighted by molar-refractivity contribution is -0.159. The molecular weight excluding hydrogens is 342 g/mol. The van der Waals surface area contributed by atoms with Crippen LogP contribution in [0.2, 0.25) is 0 Å². The first-order chi connectivity index (χ1) is 10.1. The van der Waals surface area contributed by atoms with Gasteiger partial charge in [0.15, 0.2) is 6.04 Å². The van der Waals surface area contributed by atoms with Gasteiger partial charge in [0.05, 0.1) is 13.2 Å². The lowest BCUT2D eigenvalue weighted by Gasteiger charge is -2.34. The number of fused-ring (bicyclic) bond motifs is 1. The van der Waals surface area contributed by atoms with E-state index in [1.54, 1.807) is 6.07 Å². The van der Waals surface area contributed by atoms with E-state index in [-0.39, 0.29) is 25.7 Å². The standard InChI is InChI=1S/C14H14BrNO5/c15-8-1-2-12-9(5-8)10(6-21-12)13(17)16-3-4-20-7-11(16)14(18)19/h1-2,5,10-11H,3-4,6-7H2,(H,18,19). The van der Waals surface area contributed by atoms with Crippen LogP contribution in [0, 0.1) is 0 Å². The number of amides is 1. The number of carbonyl (C=O) groups is 2. The summed E-state index contributed by atoms with van der Waals surface area (Å²) in [4.78, 5) is 25.4. The number of morpholine rings is 1. The van der Waals surface area contributed by atoms with E-state index in [0.717, 1.165) is 10.0 Å². The zero-order valence-corrected chi connectivity index (χ0v) is 12.7. The summed E-state index contributed by atoms with van der Waals surface area (Å²) in [5, 5.41) is 9.23. The van der Waals surface area contributed by atoms with Crippen molar-refractivity contribution in [2.45, 2.75) is 12.0 Å². The zero-order chi connectivity index (χ0) is 15.0. The van der Waals surface area contributed by atoms with Crippen LogP contribution >= 0.6 is 15.9 Å². The molecule has 1 fully saturated rings. The first-order valence-electron chi connectivity index (χ1n) is 6.61. The van der Waals surface area contributed by atoms with Gasteiger partial charge >= 0.3 is 5.97 Å². The number of hydrogen-bond acceptors (Lipinski definition) is 4. The van der Waals surface area contributed by atoms with Crippen molar-refractivity contribution in [1.82, 2.24) is 4.90 Å². The number of ether oxygens (including phenoxy) is 2. The van der Waals surface area contributed by atoms with Crippen molar-refractivity contribution in [1.29, 1.82) is 0 Å². The Morgan fingerprint density at radius 2 is 2.14 bits per heavy atom. The van der Waals surface area contributed by atoms with Gasteiger partial charge in [-0.3, -0.25) is 4.79 Å². The van der Waals surface area contributed by atoms with E-state index >= 15 is 0 Å². The zero-order valence-electron chi connectivity index (χ0n) is 11.1. The summed E-state index contributed by atoms with van der Waals surface area (Å²) in [5.74, 6) is -1.05. The second-order valence-corrected chi connectivity index (χ2v) is 5.92. The summed E-state index contributed by atoms with van der Waals surface area (Å²) in [7, 11) is 0. The highest BCUT2D eigenvalue weighted by Gasteiger charge is 2.39. The Bertz CT molecular complexity index is 591.